The van der Waals surface area contributed by atoms with Gasteiger partial charge in [0, 0.05) is 6.04 Å². The van der Waals surface area contributed by atoms with Crippen LogP contribution in [0.4, 0.5) is 0 Å². The molecule has 2 nitrogen and oxygen atoms in total. The van der Waals surface area contributed by atoms with Gasteiger partial charge in [-0.05, 0) is 74.0 Å². The van der Waals surface area contributed by atoms with Crippen molar-refractivity contribution in [3.63, 3.8) is 0 Å². The van der Waals surface area contributed by atoms with Gasteiger partial charge in [0.15, 0.2) is 0 Å². The van der Waals surface area contributed by atoms with Crippen molar-refractivity contribution in [2.24, 2.45) is 28.0 Å². The number of hydrogen-bond acceptors (Lipinski definition) is 2. The molecule has 0 aromatic heterocycles. The van der Waals surface area contributed by atoms with Gasteiger partial charge in [0.1, 0.15) is 0 Å². The summed E-state index contributed by atoms with van der Waals surface area (Å²) >= 11 is 0. The summed E-state index contributed by atoms with van der Waals surface area (Å²) in [6.07, 6.45) is 9.85. The van der Waals surface area contributed by atoms with Crippen molar-refractivity contribution >= 4 is 0 Å². The molecule has 0 heterocycles. The van der Waals surface area contributed by atoms with Crippen LogP contribution in [-0.2, 0) is 0 Å². The average Bonchev–Trinajstić information content (AvgIpc) is 2.20. The molecular formula is C17H30N2. The average molecular weight is 262 g/mol. The summed E-state index contributed by atoms with van der Waals surface area (Å²) in [6, 6.07) is 0.295. The predicted octanol–water partition coefficient (Wildman–Crippen LogP) is 3.78. The Bertz CT molecular complexity index is 382. The molecule has 0 aromatic carbocycles. The minimum Gasteiger partial charge on any atom is -0.271 e. The topological polar surface area (TPSA) is 38.0 Å². The molecule has 4 aliphatic rings. The maximum atomic E-state index is 5.76. The van der Waals surface area contributed by atoms with Gasteiger partial charge < -0.3 is 0 Å². The first-order valence-corrected chi connectivity index (χ1v) is 7.89. The third-order valence-electron chi connectivity index (χ3n) is 6.17. The molecule has 3 atom stereocenters. The lowest BCUT2D eigenvalue weighted by atomic mass is 9.39. The number of hydrazine groups is 1. The highest BCUT2D eigenvalue weighted by Gasteiger charge is 2.60. The smallest absolute Gasteiger partial charge is 0.0419 e. The number of nitrogens with two attached hydrogens (primary N) is 1. The van der Waals surface area contributed by atoms with Crippen LogP contribution in [0.3, 0.4) is 0 Å². The summed E-state index contributed by atoms with van der Waals surface area (Å²) in [6.45, 7) is 11.3. The summed E-state index contributed by atoms with van der Waals surface area (Å²) < 4.78 is 0. The molecule has 2 heteroatoms. The SMILES string of the molecule is C=C(C)C(CC12CC3CC(C)(CC(C)(C3)C1)C2)NN. The van der Waals surface area contributed by atoms with Gasteiger partial charge in [-0.15, -0.1) is 0 Å². The van der Waals surface area contributed by atoms with Crippen LogP contribution in [0.15, 0.2) is 12.2 Å². The fraction of sp³-hybridized carbons (Fsp3) is 0.882. The fourth-order valence-electron chi connectivity index (χ4n) is 6.72. The Balaban J connectivity index is 1.86. The predicted molar refractivity (Wildman–Crippen MR) is 80.4 cm³/mol. The molecule has 4 fully saturated rings. The second-order valence-electron chi connectivity index (χ2n) is 8.90. The first-order valence-electron chi connectivity index (χ1n) is 7.89. The highest BCUT2D eigenvalue weighted by molar-refractivity contribution is 5.13. The van der Waals surface area contributed by atoms with E-state index in [0.29, 0.717) is 22.3 Å². The van der Waals surface area contributed by atoms with E-state index < -0.39 is 0 Å². The van der Waals surface area contributed by atoms with Gasteiger partial charge >= 0.3 is 0 Å². The highest BCUT2D eigenvalue weighted by Crippen LogP contribution is 2.70. The normalized spacial score (nSPS) is 49.4. The zero-order valence-electron chi connectivity index (χ0n) is 12.9. The number of nitrogens with one attached hydrogen (secondary N) is 1. The van der Waals surface area contributed by atoms with E-state index in [4.69, 9.17) is 5.84 Å². The van der Waals surface area contributed by atoms with Gasteiger partial charge in [-0.3, -0.25) is 11.3 Å². The standard InChI is InChI=1S/C17H30N2/c1-12(2)14(19-18)8-17-7-13-5-15(3,10-17)9-16(4,6-13)11-17/h13-14,19H,1,5-11,18H2,2-4H3. The summed E-state index contributed by atoms with van der Waals surface area (Å²) in [5, 5.41) is 0. The molecule has 4 saturated carbocycles. The van der Waals surface area contributed by atoms with Crippen LogP contribution in [0.25, 0.3) is 0 Å². The van der Waals surface area contributed by atoms with Gasteiger partial charge in [-0.25, -0.2) is 0 Å². The highest BCUT2D eigenvalue weighted by atomic mass is 15.2. The molecule has 0 saturated heterocycles. The Hall–Kier alpha value is -0.340. The molecular weight excluding hydrogens is 232 g/mol. The first-order chi connectivity index (χ1) is 8.77. The van der Waals surface area contributed by atoms with Crippen molar-refractivity contribution in [1.29, 1.82) is 0 Å². The Morgan fingerprint density at radius 1 is 1.21 bits per heavy atom. The molecule has 108 valence electrons. The number of hydrogen-bond donors (Lipinski definition) is 2. The van der Waals surface area contributed by atoms with E-state index in [1.807, 2.05) is 0 Å². The van der Waals surface area contributed by atoms with Gasteiger partial charge in [0.25, 0.3) is 0 Å². The third kappa shape index (κ3) is 2.27. The van der Waals surface area contributed by atoms with Crippen LogP contribution in [0.1, 0.15) is 65.7 Å². The summed E-state index contributed by atoms with van der Waals surface area (Å²) in [4.78, 5) is 0. The summed E-state index contributed by atoms with van der Waals surface area (Å²) in [5.74, 6) is 6.73. The monoisotopic (exact) mass is 262 g/mol. The van der Waals surface area contributed by atoms with E-state index >= 15 is 0 Å². The third-order valence-corrected chi connectivity index (χ3v) is 6.17. The van der Waals surface area contributed by atoms with Crippen molar-refractivity contribution in [3.05, 3.63) is 12.2 Å². The molecule has 0 aliphatic heterocycles. The lowest BCUT2D eigenvalue weighted by Gasteiger charge is -2.66. The molecule has 0 radical (unpaired) electrons. The Morgan fingerprint density at radius 3 is 2.21 bits per heavy atom. The van der Waals surface area contributed by atoms with Gasteiger partial charge in [-0.2, -0.15) is 0 Å². The van der Waals surface area contributed by atoms with Crippen molar-refractivity contribution in [1.82, 2.24) is 5.43 Å². The van der Waals surface area contributed by atoms with Crippen LogP contribution < -0.4 is 11.3 Å². The zero-order chi connectivity index (χ0) is 13.9. The van der Waals surface area contributed by atoms with Crippen LogP contribution in [0.2, 0.25) is 0 Å². The van der Waals surface area contributed by atoms with E-state index in [0.717, 1.165) is 5.92 Å². The van der Waals surface area contributed by atoms with Crippen LogP contribution in [0.5, 0.6) is 0 Å². The maximum Gasteiger partial charge on any atom is 0.0419 e. The number of rotatable bonds is 4. The zero-order valence-corrected chi connectivity index (χ0v) is 12.9. The summed E-state index contributed by atoms with van der Waals surface area (Å²) in [5.41, 5.74) is 5.92. The van der Waals surface area contributed by atoms with Gasteiger partial charge in [0.2, 0.25) is 0 Å². The van der Waals surface area contributed by atoms with Crippen molar-refractivity contribution in [3.8, 4) is 0 Å². The molecule has 3 N–H and O–H groups in total. The quantitative estimate of drug-likeness (QED) is 0.460. The lowest BCUT2D eigenvalue weighted by molar-refractivity contribution is -0.149. The molecule has 3 unspecified atom stereocenters. The molecule has 0 spiro atoms. The largest absolute Gasteiger partial charge is 0.271 e. The second kappa shape index (κ2) is 4.08. The minimum absolute atomic E-state index is 0.295. The Kier molecular flexibility index (Phi) is 2.93. The minimum atomic E-state index is 0.295. The molecule has 0 aromatic rings. The van der Waals surface area contributed by atoms with Crippen molar-refractivity contribution < 1.29 is 0 Å². The van der Waals surface area contributed by atoms with Gasteiger partial charge in [0.05, 0.1) is 0 Å². The van der Waals surface area contributed by atoms with E-state index in [2.05, 4.69) is 32.8 Å². The van der Waals surface area contributed by atoms with Crippen molar-refractivity contribution in [2.75, 3.05) is 0 Å². The van der Waals surface area contributed by atoms with E-state index in [9.17, 15) is 0 Å². The summed E-state index contributed by atoms with van der Waals surface area (Å²) in [7, 11) is 0. The molecule has 4 aliphatic carbocycles. The Labute approximate surface area is 118 Å². The van der Waals surface area contributed by atoms with E-state index in [-0.39, 0.29) is 0 Å². The molecule has 4 bridgehead atoms. The van der Waals surface area contributed by atoms with Gasteiger partial charge in [-0.1, -0.05) is 26.0 Å². The lowest BCUT2D eigenvalue weighted by Crippen LogP contribution is -2.56. The van der Waals surface area contributed by atoms with Crippen LogP contribution in [-0.4, -0.2) is 6.04 Å². The molecule has 19 heavy (non-hydrogen) atoms. The molecule has 0 amide bonds. The Morgan fingerprint density at radius 2 is 1.79 bits per heavy atom. The van der Waals surface area contributed by atoms with Crippen LogP contribution in [0, 0.1) is 22.2 Å². The maximum absolute atomic E-state index is 5.76. The fourth-order valence-corrected chi connectivity index (χ4v) is 6.72. The van der Waals surface area contributed by atoms with Crippen molar-refractivity contribution in [2.45, 2.75) is 71.8 Å². The van der Waals surface area contributed by atoms with E-state index in [1.54, 1.807) is 0 Å². The van der Waals surface area contributed by atoms with Crippen LogP contribution >= 0.6 is 0 Å². The second-order valence-corrected chi connectivity index (χ2v) is 8.90. The first kappa shape index (κ1) is 13.6. The van der Waals surface area contributed by atoms with E-state index in [1.165, 1.54) is 50.5 Å². The molecule has 4 rings (SSSR count).